The van der Waals surface area contributed by atoms with Crippen molar-refractivity contribution in [3.8, 4) is 0 Å². The molecule has 9 heteroatoms. The molecule has 150 valence electrons. The van der Waals surface area contributed by atoms with Gasteiger partial charge in [-0.3, -0.25) is 0 Å². The van der Waals surface area contributed by atoms with Crippen LogP contribution in [0.4, 0.5) is 20.7 Å². The number of hydrogen-bond acceptors (Lipinski definition) is 6. The molecule has 1 aromatic heterocycles. The van der Waals surface area contributed by atoms with Gasteiger partial charge in [0.2, 0.25) is 0 Å². The van der Waals surface area contributed by atoms with E-state index < -0.39 is 5.60 Å². The normalized spacial score (nSPS) is 18.6. The molecule has 0 aromatic carbocycles. The summed E-state index contributed by atoms with van der Waals surface area (Å²) in [5.74, 6) is -0.123. The lowest BCUT2D eigenvalue weighted by atomic mass is 10.2. The number of piperazine rings is 1. The van der Waals surface area contributed by atoms with Gasteiger partial charge < -0.3 is 24.2 Å². The number of pyridine rings is 1. The third kappa shape index (κ3) is 4.93. The topological polar surface area (TPSA) is 58.1 Å². The molecule has 2 aliphatic heterocycles. The van der Waals surface area contributed by atoms with E-state index in [2.05, 4.69) is 4.98 Å². The van der Waals surface area contributed by atoms with Crippen LogP contribution >= 0.6 is 11.6 Å². The summed E-state index contributed by atoms with van der Waals surface area (Å²) < 4.78 is 25.9. The van der Waals surface area contributed by atoms with Crippen molar-refractivity contribution in [2.45, 2.75) is 26.4 Å². The second-order valence-electron chi connectivity index (χ2n) is 7.66. The van der Waals surface area contributed by atoms with E-state index in [1.54, 1.807) is 11.0 Å². The zero-order valence-electron chi connectivity index (χ0n) is 16.0. The molecule has 2 fully saturated rings. The van der Waals surface area contributed by atoms with Gasteiger partial charge in [0.15, 0.2) is 11.6 Å². The van der Waals surface area contributed by atoms with Gasteiger partial charge in [0, 0.05) is 45.3 Å². The number of aromatic nitrogens is 1. The fraction of sp³-hybridized carbons (Fsp3) is 0.667. The van der Waals surface area contributed by atoms with Crippen LogP contribution in [-0.2, 0) is 9.47 Å². The molecule has 1 aromatic rings. The lowest BCUT2D eigenvalue weighted by Crippen LogP contribution is -2.50. The number of rotatable bonds is 2. The van der Waals surface area contributed by atoms with Crippen molar-refractivity contribution in [1.29, 1.82) is 0 Å². The quantitative estimate of drug-likeness (QED) is 0.711. The first-order valence-corrected chi connectivity index (χ1v) is 9.54. The molecule has 3 rings (SSSR count). The fourth-order valence-electron chi connectivity index (χ4n) is 3.14. The Bertz CT molecular complexity index is 684. The molecule has 0 saturated carbocycles. The largest absolute Gasteiger partial charge is 0.444 e. The summed E-state index contributed by atoms with van der Waals surface area (Å²) in [6.45, 7) is 9.66. The average molecular weight is 401 g/mol. The van der Waals surface area contributed by atoms with E-state index in [4.69, 9.17) is 21.1 Å². The maximum Gasteiger partial charge on any atom is 0.410 e. The van der Waals surface area contributed by atoms with E-state index in [1.165, 1.54) is 0 Å². The highest BCUT2D eigenvalue weighted by atomic mass is 35.5. The Morgan fingerprint density at radius 3 is 2.37 bits per heavy atom. The Hall–Kier alpha value is -1.80. The number of anilines is 2. The zero-order chi connectivity index (χ0) is 19.6. The van der Waals surface area contributed by atoms with Crippen LogP contribution in [0.5, 0.6) is 0 Å². The van der Waals surface area contributed by atoms with Gasteiger partial charge in [-0.1, -0.05) is 11.6 Å². The van der Waals surface area contributed by atoms with Crippen molar-refractivity contribution in [3.05, 3.63) is 17.0 Å². The number of carbonyl (C=O) groups is 1. The van der Waals surface area contributed by atoms with Gasteiger partial charge in [0.25, 0.3) is 0 Å². The number of halogens is 2. The summed E-state index contributed by atoms with van der Waals surface area (Å²) in [4.78, 5) is 21.8. The molecular weight excluding hydrogens is 375 g/mol. The van der Waals surface area contributed by atoms with E-state index in [0.717, 1.165) is 0 Å². The van der Waals surface area contributed by atoms with Crippen LogP contribution in [-0.4, -0.2) is 74.1 Å². The van der Waals surface area contributed by atoms with Crippen LogP contribution in [0.1, 0.15) is 20.8 Å². The third-order valence-electron chi connectivity index (χ3n) is 4.47. The third-order valence-corrected chi connectivity index (χ3v) is 4.67. The SMILES string of the molecule is CC(C)(C)OC(=O)N1CCN(c2cc(Cl)nc(N3CCOCC3)c2F)CC1. The molecule has 0 radical (unpaired) electrons. The minimum absolute atomic E-state index is 0.252. The molecule has 1 amide bonds. The molecule has 2 saturated heterocycles. The predicted octanol–water partition coefficient (Wildman–Crippen LogP) is 2.77. The molecule has 0 aliphatic carbocycles. The second-order valence-corrected chi connectivity index (χ2v) is 8.04. The first-order valence-electron chi connectivity index (χ1n) is 9.16. The van der Waals surface area contributed by atoms with Gasteiger partial charge in [0.05, 0.1) is 18.9 Å². The number of hydrogen-bond donors (Lipinski definition) is 0. The Balaban J connectivity index is 1.71. The van der Waals surface area contributed by atoms with E-state index in [0.29, 0.717) is 58.2 Å². The zero-order valence-corrected chi connectivity index (χ0v) is 16.8. The molecule has 0 atom stereocenters. The highest BCUT2D eigenvalue weighted by Gasteiger charge is 2.29. The smallest absolute Gasteiger partial charge is 0.410 e. The summed E-state index contributed by atoms with van der Waals surface area (Å²) in [5.41, 5.74) is -0.119. The molecule has 0 spiro atoms. The van der Waals surface area contributed by atoms with Gasteiger partial charge in [-0.05, 0) is 20.8 Å². The lowest BCUT2D eigenvalue weighted by molar-refractivity contribution is 0.0240. The predicted molar refractivity (Wildman–Crippen MR) is 102 cm³/mol. The highest BCUT2D eigenvalue weighted by Crippen LogP contribution is 2.31. The summed E-state index contributed by atoms with van der Waals surface area (Å²) >= 11 is 6.17. The second kappa shape index (κ2) is 8.06. The summed E-state index contributed by atoms with van der Waals surface area (Å²) in [6, 6.07) is 1.55. The van der Waals surface area contributed by atoms with Gasteiger partial charge >= 0.3 is 6.09 Å². The molecule has 0 bridgehead atoms. The molecule has 7 nitrogen and oxygen atoms in total. The molecule has 2 aliphatic rings. The number of morpholine rings is 1. The summed E-state index contributed by atoms with van der Waals surface area (Å²) in [6.07, 6.45) is -0.343. The standard InChI is InChI=1S/C18H26ClFN4O3/c1-18(2,3)27-17(25)24-6-4-22(5-7-24)13-12-14(19)21-16(15(13)20)23-8-10-26-11-9-23/h12H,4-11H2,1-3H3. The minimum Gasteiger partial charge on any atom is -0.444 e. The van der Waals surface area contributed by atoms with E-state index >= 15 is 4.39 Å². The van der Waals surface area contributed by atoms with Gasteiger partial charge in [-0.2, -0.15) is 0 Å². The number of carbonyl (C=O) groups excluding carboxylic acids is 1. The first kappa shape index (κ1) is 19.9. The highest BCUT2D eigenvalue weighted by molar-refractivity contribution is 6.29. The maximum absolute atomic E-state index is 15.1. The lowest BCUT2D eigenvalue weighted by Gasteiger charge is -2.37. The Morgan fingerprint density at radius 1 is 1.15 bits per heavy atom. The van der Waals surface area contributed by atoms with Crippen LogP contribution in [0.2, 0.25) is 5.15 Å². The van der Waals surface area contributed by atoms with Crippen molar-refractivity contribution in [2.24, 2.45) is 0 Å². The monoisotopic (exact) mass is 400 g/mol. The summed E-state index contributed by atoms with van der Waals surface area (Å²) in [7, 11) is 0. The van der Waals surface area contributed by atoms with Crippen LogP contribution in [0.15, 0.2) is 6.07 Å². The molecule has 0 N–H and O–H groups in total. The van der Waals surface area contributed by atoms with Crippen molar-refractivity contribution in [3.63, 3.8) is 0 Å². The van der Waals surface area contributed by atoms with Gasteiger partial charge in [0.1, 0.15) is 10.8 Å². The maximum atomic E-state index is 15.1. The number of amides is 1. The van der Waals surface area contributed by atoms with Crippen molar-refractivity contribution >= 4 is 29.2 Å². The van der Waals surface area contributed by atoms with Crippen molar-refractivity contribution < 1.29 is 18.7 Å². The van der Waals surface area contributed by atoms with Crippen LogP contribution in [0.25, 0.3) is 0 Å². The Morgan fingerprint density at radius 2 is 1.78 bits per heavy atom. The van der Waals surface area contributed by atoms with Crippen molar-refractivity contribution in [1.82, 2.24) is 9.88 Å². The molecule has 3 heterocycles. The van der Waals surface area contributed by atoms with Crippen LogP contribution in [0, 0.1) is 5.82 Å². The van der Waals surface area contributed by atoms with Gasteiger partial charge in [-0.25, -0.2) is 14.2 Å². The Kier molecular flexibility index (Phi) is 5.95. The van der Waals surface area contributed by atoms with Crippen molar-refractivity contribution in [2.75, 3.05) is 62.3 Å². The minimum atomic E-state index is -0.536. The molecule has 27 heavy (non-hydrogen) atoms. The average Bonchev–Trinajstić information content (AvgIpc) is 2.63. The van der Waals surface area contributed by atoms with Crippen LogP contribution in [0.3, 0.4) is 0 Å². The molecular formula is C18H26ClFN4O3. The molecule has 0 unspecified atom stereocenters. The Labute approximate surface area is 164 Å². The first-order chi connectivity index (χ1) is 12.7. The van der Waals surface area contributed by atoms with Crippen LogP contribution < -0.4 is 9.80 Å². The van der Waals surface area contributed by atoms with E-state index in [9.17, 15) is 4.79 Å². The fourth-order valence-corrected chi connectivity index (χ4v) is 3.33. The summed E-state index contributed by atoms with van der Waals surface area (Å²) in [5, 5.41) is 0.252. The van der Waals surface area contributed by atoms with E-state index in [-0.39, 0.29) is 22.9 Å². The van der Waals surface area contributed by atoms with E-state index in [1.807, 2.05) is 30.6 Å². The number of ether oxygens (including phenoxy) is 2. The number of nitrogens with zero attached hydrogens (tertiary/aromatic N) is 4. The van der Waals surface area contributed by atoms with Gasteiger partial charge in [-0.15, -0.1) is 0 Å².